The van der Waals surface area contributed by atoms with Gasteiger partial charge in [0.2, 0.25) is 0 Å². The minimum Gasteiger partial charge on any atom is -0.483 e. The lowest BCUT2D eigenvalue weighted by Gasteiger charge is -2.22. The number of hydrogen-bond donors (Lipinski definition) is 0. The number of hydrogen-bond acceptors (Lipinski definition) is 12. The molecule has 0 aromatic heterocycles. The summed E-state index contributed by atoms with van der Waals surface area (Å²) in [6.07, 6.45) is 2.77. The lowest BCUT2D eigenvalue weighted by atomic mass is 10.0. The van der Waals surface area contributed by atoms with E-state index in [1.807, 2.05) is 65.8 Å². The van der Waals surface area contributed by atoms with Crippen LogP contribution in [0.5, 0.6) is 23.0 Å². The Labute approximate surface area is 315 Å². The normalized spacial score (nSPS) is 14.2. The summed E-state index contributed by atoms with van der Waals surface area (Å²) in [5, 5.41) is 0. The first-order chi connectivity index (χ1) is 24.5. The van der Waals surface area contributed by atoms with Gasteiger partial charge in [-0.15, -0.1) is 0 Å². The third-order valence-electron chi connectivity index (χ3n) is 7.47. The minimum absolute atomic E-state index is 0.325. The molecule has 2 heterocycles. The molecule has 2 aromatic carbocycles. The Morgan fingerprint density at radius 1 is 0.615 bits per heavy atom. The number of unbranched alkanes of at least 4 members (excludes halogenated alkanes) is 2. The molecular weight excluding hydrogens is 713 g/mol. The van der Waals surface area contributed by atoms with E-state index in [0.717, 1.165) is 73.9 Å². The second-order valence-corrected chi connectivity index (χ2v) is 15.9. The number of fused-ring (bicyclic) bond motifs is 2. The average Bonchev–Trinajstić information content (AvgIpc) is 3.58. The highest BCUT2D eigenvalue weighted by atomic mass is 32.2. The molecule has 2 aliphatic heterocycles. The first-order valence-corrected chi connectivity index (χ1v) is 18.6. The van der Waals surface area contributed by atoms with Gasteiger partial charge in [-0.05, 0) is 52.7 Å². The van der Waals surface area contributed by atoms with Gasteiger partial charge in [-0.25, -0.2) is 36.4 Å². The van der Waals surface area contributed by atoms with Crippen LogP contribution in [0.3, 0.4) is 0 Å². The molecule has 0 N–H and O–H groups in total. The zero-order valence-electron chi connectivity index (χ0n) is 31.8. The molecule has 0 radical (unpaired) electrons. The summed E-state index contributed by atoms with van der Waals surface area (Å²) < 4.78 is 37.8. The van der Waals surface area contributed by atoms with Crippen LogP contribution in [0.2, 0.25) is 0 Å². The van der Waals surface area contributed by atoms with Crippen LogP contribution >= 0.6 is 24.3 Å². The van der Waals surface area contributed by atoms with Gasteiger partial charge in [-0.3, -0.25) is 0 Å². The molecule has 14 nitrogen and oxygen atoms in total. The molecule has 0 aliphatic carbocycles. The van der Waals surface area contributed by atoms with Gasteiger partial charge in [0.15, 0.2) is 23.0 Å². The molecular formula is C36H52N4O10S2. The Morgan fingerprint density at radius 2 is 0.962 bits per heavy atom. The topological polar surface area (TPSA) is 137 Å². The molecule has 52 heavy (non-hydrogen) atoms. The van der Waals surface area contributed by atoms with Crippen LogP contribution in [-0.4, -0.2) is 94.2 Å². The van der Waals surface area contributed by atoms with Crippen molar-refractivity contribution in [1.29, 1.82) is 0 Å². The fourth-order valence-electron chi connectivity index (χ4n) is 4.94. The number of ether oxygens (including phenoxy) is 6. The zero-order valence-corrected chi connectivity index (χ0v) is 33.4. The van der Waals surface area contributed by atoms with Gasteiger partial charge in [-0.2, -0.15) is 0 Å². The van der Waals surface area contributed by atoms with Gasteiger partial charge >= 0.3 is 24.4 Å². The van der Waals surface area contributed by atoms with E-state index in [0.29, 0.717) is 36.2 Å². The molecule has 0 atom stereocenters. The fraction of sp³-hybridized carbons (Fsp3) is 0.556. The van der Waals surface area contributed by atoms with Crippen LogP contribution in [0.15, 0.2) is 36.4 Å². The molecule has 2 aliphatic rings. The predicted molar refractivity (Wildman–Crippen MR) is 200 cm³/mol. The van der Waals surface area contributed by atoms with Gasteiger partial charge in [0.25, 0.3) is 0 Å². The number of para-hydroxylation sites is 2. The van der Waals surface area contributed by atoms with Gasteiger partial charge in [0.05, 0.1) is 37.5 Å². The van der Waals surface area contributed by atoms with Crippen molar-refractivity contribution in [3.8, 4) is 23.0 Å². The van der Waals surface area contributed by atoms with Gasteiger partial charge < -0.3 is 28.4 Å². The van der Waals surface area contributed by atoms with E-state index in [9.17, 15) is 19.2 Å². The summed E-state index contributed by atoms with van der Waals surface area (Å²) in [5.41, 5.74) is 1.36. The highest BCUT2D eigenvalue weighted by Gasteiger charge is 2.34. The number of carbonyl (C=O) groups excluding carboxylic acids is 4. The third-order valence-corrected chi connectivity index (χ3v) is 9.05. The molecule has 0 bridgehead atoms. The number of rotatable bonds is 12. The van der Waals surface area contributed by atoms with Crippen LogP contribution in [0.1, 0.15) is 78.4 Å². The van der Waals surface area contributed by atoms with Crippen molar-refractivity contribution in [2.24, 2.45) is 0 Å². The molecule has 16 heteroatoms. The summed E-state index contributed by atoms with van der Waals surface area (Å²) in [6.45, 7) is 12.7. The Bertz CT molecular complexity index is 1440. The summed E-state index contributed by atoms with van der Waals surface area (Å²) in [6, 6.07) is 11.0. The molecule has 0 fully saturated rings. The van der Waals surface area contributed by atoms with E-state index in [2.05, 4.69) is 0 Å². The zero-order chi connectivity index (χ0) is 38.6. The largest absolute Gasteiger partial charge is 0.483 e. The molecule has 0 unspecified atom stereocenters. The van der Waals surface area contributed by atoms with E-state index >= 15 is 0 Å². The molecule has 4 amide bonds. The summed E-state index contributed by atoms with van der Waals surface area (Å²) in [4.78, 5) is 48.4. The van der Waals surface area contributed by atoms with Crippen LogP contribution in [0.25, 0.3) is 0 Å². The van der Waals surface area contributed by atoms with Crippen molar-refractivity contribution in [3.05, 3.63) is 47.5 Å². The highest BCUT2D eigenvalue weighted by Crippen LogP contribution is 2.43. The molecule has 0 saturated carbocycles. The SMILES string of the molecule is CCCCOC(=O)N(C)SN(C)C(=O)Oc1cccc2c1OC(C)(C)C2.CCCCOC(=O)N(C)SN(C)C(=O)Oc1cccc2c1OC(C)(C)C2. The number of nitrogens with zero attached hydrogens (tertiary/aromatic N) is 4. The third kappa shape index (κ3) is 12.5. The van der Waals surface area contributed by atoms with Crippen molar-refractivity contribution >= 4 is 48.6 Å². The van der Waals surface area contributed by atoms with Crippen LogP contribution in [0, 0.1) is 0 Å². The molecule has 0 saturated heterocycles. The maximum Gasteiger partial charge on any atom is 0.426 e. The second-order valence-electron chi connectivity index (χ2n) is 13.4. The smallest absolute Gasteiger partial charge is 0.426 e. The molecule has 0 spiro atoms. The van der Waals surface area contributed by atoms with E-state index in [-0.39, 0.29) is 11.2 Å². The fourth-order valence-corrected chi connectivity index (χ4v) is 6.12. The van der Waals surface area contributed by atoms with E-state index in [4.69, 9.17) is 28.4 Å². The van der Waals surface area contributed by atoms with Crippen molar-refractivity contribution in [3.63, 3.8) is 0 Å². The summed E-state index contributed by atoms with van der Waals surface area (Å²) in [7, 11) is 6.12. The maximum atomic E-state index is 12.3. The van der Waals surface area contributed by atoms with Crippen molar-refractivity contribution in [1.82, 2.24) is 17.2 Å². The van der Waals surface area contributed by atoms with Crippen LogP contribution < -0.4 is 18.9 Å². The lowest BCUT2D eigenvalue weighted by Crippen LogP contribution is -2.31. The molecule has 4 rings (SSSR count). The first kappa shape index (κ1) is 42.2. The van der Waals surface area contributed by atoms with Crippen LogP contribution in [-0.2, 0) is 22.3 Å². The maximum absolute atomic E-state index is 12.3. The minimum atomic E-state index is -0.607. The Kier molecular flexibility index (Phi) is 15.5. The number of benzene rings is 2. The van der Waals surface area contributed by atoms with Crippen molar-refractivity contribution in [2.75, 3.05) is 41.4 Å². The standard InChI is InChI=1S/2C18H26N2O5S/c2*1-6-7-11-23-16(21)19(4)26-20(5)17(22)24-14-10-8-9-13-12-18(2,3)25-15(13)14/h2*8-10H,6-7,11-12H2,1-5H3. The Hall–Kier alpha value is -4.18. The van der Waals surface area contributed by atoms with E-state index in [1.54, 1.807) is 12.1 Å². The summed E-state index contributed by atoms with van der Waals surface area (Å²) in [5.74, 6) is 1.94. The van der Waals surface area contributed by atoms with Gasteiger partial charge in [-0.1, -0.05) is 51.0 Å². The van der Waals surface area contributed by atoms with E-state index in [1.165, 1.54) is 45.4 Å². The van der Waals surface area contributed by atoms with Crippen molar-refractivity contribution < 1.29 is 47.6 Å². The van der Waals surface area contributed by atoms with Gasteiger partial charge in [0, 0.05) is 52.2 Å². The number of carbonyl (C=O) groups is 4. The molecule has 288 valence electrons. The average molecular weight is 765 g/mol. The van der Waals surface area contributed by atoms with Gasteiger partial charge in [0.1, 0.15) is 11.2 Å². The van der Waals surface area contributed by atoms with E-state index < -0.39 is 24.4 Å². The number of amides is 4. The second kappa shape index (κ2) is 19.1. The predicted octanol–water partition coefficient (Wildman–Crippen LogP) is 8.52. The molecule has 2 aromatic rings. The van der Waals surface area contributed by atoms with Crippen molar-refractivity contribution in [2.45, 2.75) is 91.3 Å². The Morgan fingerprint density at radius 3 is 1.31 bits per heavy atom. The first-order valence-electron chi connectivity index (χ1n) is 17.2. The highest BCUT2D eigenvalue weighted by molar-refractivity contribution is 7.95. The Balaban J connectivity index is 0.000000280. The van der Waals surface area contributed by atoms with Crippen LogP contribution in [0.4, 0.5) is 19.2 Å². The lowest BCUT2D eigenvalue weighted by molar-refractivity contribution is 0.128. The monoisotopic (exact) mass is 764 g/mol. The quantitative estimate of drug-likeness (QED) is 0.151. The summed E-state index contributed by atoms with van der Waals surface area (Å²) >= 11 is 1.81.